The molecule has 1 N–H and O–H groups in total. The van der Waals surface area contributed by atoms with Crippen LogP contribution in [0.1, 0.15) is 117 Å². The predicted octanol–water partition coefficient (Wildman–Crippen LogP) is 10.5. The highest BCUT2D eigenvalue weighted by Crippen LogP contribution is 2.56. The van der Waals surface area contributed by atoms with E-state index in [4.69, 9.17) is 44.3 Å². The van der Waals surface area contributed by atoms with Gasteiger partial charge in [-0.1, -0.05) is 108 Å². The van der Waals surface area contributed by atoms with Crippen molar-refractivity contribution in [2.75, 3.05) is 25.6 Å². The third-order valence-electron chi connectivity index (χ3n) is 15.5. The van der Waals surface area contributed by atoms with Gasteiger partial charge in [-0.2, -0.15) is 0 Å². The standard InChI is InChI=1S/C30H29Cl2FN2O4.C30H30ClFN2O5/c1-18(2)34-17-30(13-21(30)14-31)35-15-22(24(36)12-11-20-9-6-10-23(32)25(20)33)27(37)28(26(35)29(34)38)39-16-19-7-4-3-5-8-19;1-18(2)33-17-30(13-21(30)15-35)34-14-22(24(36)12-11-20-9-6-10-23(31)25(20)32)27(37)28(26(34)29(33)38)39-16-19-7-4-3-5-8-19/h3-10,15,18,21H,11-14,16-17H2,1-2H3;3-10,14,18,21,35H,11-13,15-17H2,1-2H3/t2*21-,30-/m00/s1. The predicted molar refractivity (Wildman–Crippen MR) is 293 cm³/mol. The fourth-order valence-corrected chi connectivity index (χ4v) is 11.6. The Morgan fingerprint density at radius 3 is 1.37 bits per heavy atom. The summed E-state index contributed by atoms with van der Waals surface area (Å²) in [7, 11) is 0. The van der Waals surface area contributed by atoms with Crippen LogP contribution in [0.25, 0.3) is 0 Å². The summed E-state index contributed by atoms with van der Waals surface area (Å²) in [5.41, 5.74) is -0.312. The lowest BCUT2D eigenvalue weighted by Crippen LogP contribution is -2.52. The quantitative estimate of drug-likeness (QED) is 0.0653. The molecule has 6 aromatic rings. The van der Waals surface area contributed by atoms with Crippen LogP contribution >= 0.6 is 34.8 Å². The van der Waals surface area contributed by atoms with Crippen LogP contribution in [-0.4, -0.2) is 85.1 Å². The average Bonchev–Trinajstić information content (AvgIpc) is 3.64. The zero-order valence-corrected chi connectivity index (χ0v) is 45.8. The summed E-state index contributed by atoms with van der Waals surface area (Å²) in [5.74, 6) is -2.83. The van der Waals surface area contributed by atoms with E-state index in [9.17, 15) is 42.7 Å². The number of rotatable bonds is 18. The van der Waals surface area contributed by atoms with E-state index in [0.29, 0.717) is 31.8 Å². The summed E-state index contributed by atoms with van der Waals surface area (Å²) >= 11 is 18.1. The first-order valence-corrected chi connectivity index (χ1v) is 27.3. The van der Waals surface area contributed by atoms with Crippen molar-refractivity contribution in [3.63, 3.8) is 0 Å². The van der Waals surface area contributed by atoms with Crippen molar-refractivity contribution in [1.82, 2.24) is 18.9 Å². The highest BCUT2D eigenvalue weighted by molar-refractivity contribution is 6.31. The smallest absolute Gasteiger partial charge is 0.274 e. The van der Waals surface area contributed by atoms with Crippen molar-refractivity contribution in [3.05, 3.63) is 196 Å². The van der Waals surface area contributed by atoms with E-state index in [1.807, 2.05) is 88.4 Å². The fourth-order valence-electron chi connectivity index (χ4n) is 10.8. The van der Waals surface area contributed by atoms with Gasteiger partial charge >= 0.3 is 0 Å². The maximum atomic E-state index is 14.4. The number of aliphatic hydroxyl groups excluding tert-OH is 1. The van der Waals surface area contributed by atoms with Gasteiger partial charge in [-0.3, -0.25) is 28.8 Å². The number of aryl methyl sites for hydroxylation is 2. The SMILES string of the molecule is CC(C)N1C[C@]2(C[C@H]2CCl)n2cc(C(=O)CCc3cccc(Cl)c3F)c(=O)c(OCc3ccccc3)c2C1=O.CC(C)N1C[C@]2(C[C@H]2CO)n2cc(C(=O)CCc3cccc(Cl)c3F)c(=O)c(OCc3ccccc3)c2C1=O. The fraction of sp³-hybridized carbons (Fsp3) is 0.367. The van der Waals surface area contributed by atoms with Gasteiger partial charge in [0.15, 0.2) is 34.5 Å². The summed E-state index contributed by atoms with van der Waals surface area (Å²) in [4.78, 5) is 85.3. The minimum atomic E-state index is -0.677. The minimum Gasteiger partial charge on any atom is -0.483 e. The molecule has 10 rings (SSSR count). The molecule has 4 heterocycles. The number of hydrogen-bond acceptors (Lipinski definition) is 9. The van der Waals surface area contributed by atoms with Crippen LogP contribution in [0.15, 0.2) is 119 Å². The number of aromatic nitrogens is 2. The van der Waals surface area contributed by atoms with Crippen LogP contribution in [0.4, 0.5) is 8.78 Å². The molecule has 2 spiro atoms. The van der Waals surface area contributed by atoms with Crippen molar-refractivity contribution in [2.45, 2.75) is 103 Å². The number of ether oxygens (including phenoxy) is 2. The van der Waals surface area contributed by atoms with E-state index in [-0.39, 0.29) is 136 Å². The Kier molecular flexibility index (Phi) is 16.5. The number of fused-ring (bicyclic) bond motifs is 4. The van der Waals surface area contributed by atoms with Crippen LogP contribution < -0.4 is 20.3 Å². The Balaban J connectivity index is 0.000000190. The maximum absolute atomic E-state index is 14.4. The first kappa shape index (κ1) is 56.1. The second-order valence-corrected chi connectivity index (χ2v) is 22.2. The normalized spacial score (nSPS) is 19.9. The summed E-state index contributed by atoms with van der Waals surface area (Å²) in [6.07, 6.45) is 4.12. The van der Waals surface area contributed by atoms with Gasteiger partial charge in [-0.05, 0) is 87.8 Å². The number of carbonyl (C=O) groups excluding carboxylic acids is 4. The van der Waals surface area contributed by atoms with E-state index >= 15 is 0 Å². The molecule has 0 unspecified atom stereocenters. The van der Waals surface area contributed by atoms with Gasteiger partial charge in [-0.25, -0.2) is 8.78 Å². The number of alkyl halides is 1. The lowest BCUT2D eigenvalue weighted by Gasteiger charge is -2.40. The van der Waals surface area contributed by atoms with Gasteiger partial charge in [0.25, 0.3) is 11.8 Å². The third-order valence-corrected chi connectivity index (χ3v) is 16.5. The number of amides is 2. The Labute approximate surface area is 465 Å². The van der Waals surface area contributed by atoms with E-state index < -0.39 is 45.1 Å². The topological polar surface area (TPSA) is 157 Å². The second-order valence-electron chi connectivity index (χ2n) is 21.1. The number of pyridine rings is 2. The molecule has 78 heavy (non-hydrogen) atoms. The number of hydrogen-bond donors (Lipinski definition) is 1. The molecular formula is C60H59Cl3F2N4O9. The number of benzene rings is 4. The summed E-state index contributed by atoms with van der Waals surface area (Å²) in [5, 5.41) is 9.97. The van der Waals surface area contributed by atoms with Crippen molar-refractivity contribution in [3.8, 4) is 11.5 Å². The van der Waals surface area contributed by atoms with E-state index in [1.54, 1.807) is 43.2 Å². The summed E-state index contributed by atoms with van der Waals surface area (Å²) < 4.78 is 44.4. The zero-order valence-electron chi connectivity index (χ0n) is 43.6. The zero-order chi connectivity index (χ0) is 55.8. The maximum Gasteiger partial charge on any atom is 0.274 e. The van der Waals surface area contributed by atoms with Crippen LogP contribution in [0.2, 0.25) is 10.0 Å². The Bertz CT molecular complexity index is 3200. The van der Waals surface area contributed by atoms with Gasteiger partial charge in [-0.15, -0.1) is 11.6 Å². The number of Topliss-reactive ketones (excluding diaryl/α,β-unsaturated/α-hetero) is 2. The third kappa shape index (κ3) is 10.8. The molecule has 4 aliphatic rings. The van der Waals surface area contributed by atoms with Crippen molar-refractivity contribution in [2.24, 2.45) is 11.8 Å². The monoisotopic (exact) mass is 1120 g/mol. The minimum absolute atomic E-state index is 0.0265. The number of carbonyl (C=O) groups is 4. The molecule has 2 amide bonds. The van der Waals surface area contributed by atoms with Crippen LogP contribution in [-0.2, 0) is 37.1 Å². The lowest BCUT2D eigenvalue weighted by atomic mass is 9.99. The van der Waals surface area contributed by atoms with Gasteiger partial charge in [0.1, 0.15) is 24.8 Å². The van der Waals surface area contributed by atoms with Crippen LogP contribution in [0.3, 0.4) is 0 Å². The number of ketones is 2. The molecule has 0 saturated heterocycles. The van der Waals surface area contributed by atoms with Crippen molar-refractivity contribution in [1.29, 1.82) is 0 Å². The molecule has 13 nitrogen and oxygen atoms in total. The molecule has 408 valence electrons. The molecule has 0 radical (unpaired) electrons. The highest BCUT2D eigenvalue weighted by Gasteiger charge is 2.62. The van der Waals surface area contributed by atoms with Gasteiger partial charge < -0.3 is 33.5 Å². The van der Waals surface area contributed by atoms with E-state index in [0.717, 1.165) is 11.1 Å². The largest absolute Gasteiger partial charge is 0.483 e. The Morgan fingerprint density at radius 1 is 0.615 bits per heavy atom. The molecule has 2 saturated carbocycles. The molecule has 18 heteroatoms. The Hall–Kier alpha value is -6.65. The van der Waals surface area contributed by atoms with Gasteiger partial charge in [0.05, 0.1) is 32.3 Å². The molecule has 0 bridgehead atoms. The van der Waals surface area contributed by atoms with E-state index in [1.165, 1.54) is 24.5 Å². The molecule has 4 atom stereocenters. The molecule has 2 aromatic heterocycles. The lowest BCUT2D eigenvalue weighted by molar-refractivity contribution is 0.0546. The van der Waals surface area contributed by atoms with Gasteiger partial charge in [0, 0.05) is 74.7 Å². The number of nitrogens with zero attached hydrogens (tertiary/aromatic N) is 4. The number of aliphatic hydroxyl groups is 1. The summed E-state index contributed by atoms with van der Waals surface area (Å²) in [6, 6.07) is 27.4. The highest BCUT2D eigenvalue weighted by atomic mass is 35.5. The van der Waals surface area contributed by atoms with Crippen molar-refractivity contribution < 1.29 is 42.5 Å². The van der Waals surface area contributed by atoms with Gasteiger partial charge in [0.2, 0.25) is 10.9 Å². The molecular weight excluding hydrogens is 1070 g/mol. The van der Waals surface area contributed by atoms with E-state index in [2.05, 4.69) is 0 Å². The first-order valence-electron chi connectivity index (χ1n) is 26.0. The average molecular weight is 1120 g/mol. The molecule has 2 aliphatic carbocycles. The molecule has 4 aromatic carbocycles. The summed E-state index contributed by atoms with van der Waals surface area (Å²) in [6.45, 7) is 8.41. The Morgan fingerprint density at radius 2 is 1.01 bits per heavy atom. The molecule has 2 fully saturated rings. The van der Waals surface area contributed by atoms with Crippen LogP contribution in [0, 0.1) is 23.5 Å². The second kappa shape index (κ2) is 23.0. The van der Waals surface area contributed by atoms with Crippen molar-refractivity contribution >= 4 is 58.2 Å². The first-order chi connectivity index (χ1) is 37.3. The number of halogens is 5. The molecule has 2 aliphatic heterocycles. The van der Waals surface area contributed by atoms with Crippen LogP contribution in [0.5, 0.6) is 11.5 Å².